The van der Waals surface area contributed by atoms with E-state index in [0.717, 1.165) is 5.56 Å². The zero-order valence-electron chi connectivity index (χ0n) is 10.4. The van der Waals surface area contributed by atoms with Crippen molar-refractivity contribution in [3.63, 3.8) is 0 Å². The Morgan fingerprint density at radius 1 is 1.00 bits per heavy atom. The highest BCUT2D eigenvalue weighted by Crippen LogP contribution is 2.26. The molecule has 0 fully saturated rings. The van der Waals surface area contributed by atoms with Crippen LogP contribution in [0.15, 0.2) is 36.4 Å². The number of aliphatic hydroxyl groups is 1. The molecule has 4 heteroatoms. The number of hydrogen-bond acceptors (Lipinski definition) is 4. The minimum absolute atomic E-state index is 0.0938. The van der Waals surface area contributed by atoms with Gasteiger partial charge >= 0.3 is 0 Å². The molecule has 0 unspecified atom stereocenters. The molecule has 0 heterocycles. The van der Waals surface area contributed by atoms with Crippen LogP contribution in [-0.4, -0.2) is 21.1 Å². The largest absolute Gasteiger partial charge is 0.507 e. The Hall–Kier alpha value is -2.33. The highest BCUT2D eigenvalue weighted by atomic mass is 16.3. The van der Waals surface area contributed by atoms with Gasteiger partial charge in [-0.25, -0.2) is 0 Å². The molecule has 0 atom stereocenters. The number of carbonyl (C=O) groups excluding carboxylic acids is 1. The van der Waals surface area contributed by atoms with Gasteiger partial charge in [0.1, 0.15) is 11.5 Å². The van der Waals surface area contributed by atoms with Crippen LogP contribution in [0.25, 0.3) is 0 Å². The number of aryl methyl sites for hydroxylation is 1. The van der Waals surface area contributed by atoms with Crippen LogP contribution in [0.1, 0.15) is 27.0 Å². The maximum absolute atomic E-state index is 12.2. The van der Waals surface area contributed by atoms with Gasteiger partial charge in [0.15, 0.2) is 5.78 Å². The van der Waals surface area contributed by atoms with Crippen LogP contribution >= 0.6 is 0 Å². The second-order valence-corrected chi connectivity index (χ2v) is 4.36. The third kappa shape index (κ3) is 2.58. The molecule has 2 rings (SSSR count). The molecule has 0 aliphatic rings. The van der Waals surface area contributed by atoms with E-state index in [2.05, 4.69) is 0 Å². The molecule has 0 radical (unpaired) electrons. The molecule has 4 nitrogen and oxygen atoms in total. The van der Waals surface area contributed by atoms with Crippen LogP contribution in [0.4, 0.5) is 0 Å². The summed E-state index contributed by atoms with van der Waals surface area (Å²) in [6.07, 6.45) is 0. The average molecular weight is 258 g/mol. The lowest BCUT2D eigenvalue weighted by atomic mass is 9.99. The smallest absolute Gasteiger partial charge is 0.200 e. The normalized spacial score (nSPS) is 10.4. The number of phenols is 2. The van der Waals surface area contributed by atoms with Gasteiger partial charge in [-0.15, -0.1) is 0 Å². The van der Waals surface area contributed by atoms with Crippen molar-refractivity contribution in [3.8, 4) is 11.5 Å². The Bertz CT molecular complexity index is 632. The van der Waals surface area contributed by atoms with Gasteiger partial charge in [-0.05, 0) is 42.3 Å². The van der Waals surface area contributed by atoms with Gasteiger partial charge < -0.3 is 15.3 Å². The highest BCUT2D eigenvalue weighted by Gasteiger charge is 2.17. The summed E-state index contributed by atoms with van der Waals surface area (Å²) in [4.78, 5) is 12.2. The van der Waals surface area contributed by atoms with Gasteiger partial charge in [0.2, 0.25) is 0 Å². The maximum Gasteiger partial charge on any atom is 0.200 e. The molecule has 0 saturated heterocycles. The summed E-state index contributed by atoms with van der Waals surface area (Å²) in [7, 11) is 0. The highest BCUT2D eigenvalue weighted by molar-refractivity contribution is 6.12. The number of rotatable bonds is 3. The number of ketones is 1. The number of carbonyl (C=O) groups is 1. The lowest BCUT2D eigenvalue weighted by Gasteiger charge is -2.07. The van der Waals surface area contributed by atoms with Crippen molar-refractivity contribution in [1.29, 1.82) is 0 Å². The second-order valence-electron chi connectivity index (χ2n) is 4.36. The van der Waals surface area contributed by atoms with E-state index in [-0.39, 0.29) is 29.2 Å². The van der Waals surface area contributed by atoms with Crippen LogP contribution in [0, 0.1) is 6.92 Å². The maximum atomic E-state index is 12.2. The summed E-state index contributed by atoms with van der Waals surface area (Å²) in [6, 6.07) is 9.05. The van der Waals surface area contributed by atoms with E-state index in [1.807, 2.05) is 6.92 Å². The summed E-state index contributed by atoms with van der Waals surface area (Å²) in [5.41, 5.74) is 1.59. The molecule has 2 aromatic carbocycles. The van der Waals surface area contributed by atoms with Crippen LogP contribution < -0.4 is 0 Å². The first kappa shape index (κ1) is 13.1. The predicted molar refractivity (Wildman–Crippen MR) is 70.3 cm³/mol. The third-order valence-electron chi connectivity index (χ3n) is 2.89. The topological polar surface area (TPSA) is 77.8 Å². The number of aromatic hydroxyl groups is 2. The molecule has 3 N–H and O–H groups in total. The fraction of sp³-hybridized carbons (Fsp3) is 0.133. The standard InChI is InChI=1S/C15H14O4/c1-9-2-4-11(13(17)6-9)15(19)12-5-3-10(8-16)7-14(12)18/h2-7,16-18H,8H2,1H3. The number of phenolic OH excluding ortho intramolecular Hbond substituents is 2. The van der Waals surface area contributed by atoms with Crippen molar-refractivity contribution in [2.24, 2.45) is 0 Å². The van der Waals surface area contributed by atoms with Crippen LogP contribution in [0.2, 0.25) is 0 Å². The van der Waals surface area contributed by atoms with Crippen molar-refractivity contribution >= 4 is 5.78 Å². The zero-order valence-corrected chi connectivity index (χ0v) is 10.4. The fourth-order valence-corrected chi connectivity index (χ4v) is 1.85. The van der Waals surface area contributed by atoms with E-state index in [4.69, 9.17) is 5.11 Å². The Balaban J connectivity index is 2.44. The van der Waals surface area contributed by atoms with Crippen molar-refractivity contribution in [2.45, 2.75) is 13.5 Å². The van der Waals surface area contributed by atoms with Gasteiger partial charge in [-0.3, -0.25) is 4.79 Å². The number of hydrogen-bond donors (Lipinski definition) is 3. The SMILES string of the molecule is Cc1ccc(C(=O)c2ccc(CO)cc2O)c(O)c1. The van der Waals surface area contributed by atoms with E-state index in [0.29, 0.717) is 5.56 Å². The molecule has 0 spiro atoms. The monoisotopic (exact) mass is 258 g/mol. The lowest BCUT2D eigenvalue weighted by Crippen LogP contribution is -2.03. The molecule has 98 valence electrons. The van der Waals surface area contributed by atoms with Crippen LogP contribution in [-0.2, 0) is 6.61 Å². The van der Waals surface area contributed by atoms with Crippen molar-refractivity contribution < 1.29 is 20.1 Å². The quantitative estimate of drug-likeness (QED) is 0.737. The first-order chi connectivity index (χ1) is 9.02. The zero-order chi connectivity index (χ0) is 14.0. The average Bonchev–Trinajstić information content (AvgIpc) is 2.37. The molecular formula is C15H14O4. The van der Waals surface area contributed by atoms with Gasteiger partial charge in [0.25, 0.3) is 0 Å². The third-order valence-corrected chi connectivity index (χ3v) is 2.89. The predicted octanol–water partition coefficient (Wildman–Crippen LogP) is 2.13. The van der Waals surface area contributed by atoms with Crippen molar-refractivity contribution in [1.82, 2.24) is 0 Å². The van der Waals surface area contributed by atoms with E-state index >= 15 is 0 Å². The summed E-state index contributed by atoms with van der Waals surface area (Å²) in [5, 5.41) is 28.5. The summed E-state index contributed by atoms with van der Waals surface area (Å²) < 4.78 is 0. The fourth-order valence-electron chi connectivity index (χ4n) is 1.85. The van der Waals surface area contributed by atoms with E-state index < -0.39 is 5.78 Å². The van der Waals surface area contributed by atoms with E-state index in [9.17, 15) is 15.0 Å². The Morgan fingerprint density at radius 2 is 1.58 bits per heavy atom. The number of benzene rings is 2. The van der Waals surface area contributed by atoms with E-state index in [1.54, 1.807) is 12.1 Å². The van der Waals surface area contributed by atoms with Crippen LogP contribution in [0.5, 0.6) is 11.5 Å². The van der Waals surface area contributed by atoms with Gasteiger partial charge in [0, 0.05) is 0 Å². The molecule has 0 amide bonds. The van der Waals surface area contributed by atoms with Gasteiger partial charge in [-0.1, -0.05) is 12.1 Å². The number of aliphatic hydroxyl groups excluding tert-OH is 1. The second kappa shape index (κ2) is 5.12. The Morgan fingerprint density at radius 3 is 2.11 bits per heavy atom. The Labute approximate surface area is 110 Å². The molecule has 0 bridgehead atoms. The van der Waals surface area contributed by atoms with Crippen molar-refractivity contribution in [3.05, 3.63) is 58.7 Å². The van der Waals surface area contributed by atoms with Crippen LogP contribution in [0.3, 0.4) is 0 Å². The first-order valence-corrected chi connectivity index (χ1v) is 5.80. The summed E-state index contributed by atoms with van der Waals surface area (Å²) in [5.74, 6) is -0.786. The molecule has 0 aliphatic carbocycles. The molecule has 0 saturated carbocycles. The molecule has 2 aromatic rings. The van der Waals surface area contributed by atoms with Gasteiger partial charge in [-0.2, -0.15) is 0 Å². The van der Waals surface area contributed by atoms with Crippen molar-refractivity contribution in [2.75, 3.05) is 0 Å². The van der Waals surface area contributed by atoms with Gasteiger partial charge in [0.05, 0.1) is 17.7 Å². The minimum Gasteiger partial charge on any atom is -0.507 e. The minimum atomic E-state index is -0.459. The Kier molecular flexibility index (Phi) is 3.53. The molecule has 0 aliphatic heterocycles. The summed E-state index contributed by atoms with van der Waals surface area (Å²) in [6.45, 7) is 1.60. The first-order valence-electron chi connectivity index (χ1n) is 5.80. The van der Waals surface area contributed by atoms with E-state index in [1.165, 1.54) is 24.3 Å². The lowest BCUT2D eigenvalue weighted by molar-refractivity contribution is 0.103. The molecule has 19 heavy (non-hydrogen) atoms. The molecular weight excluding hydrogens is 244 g/mol. The molecule has 0 aromatic heterocycles. The summed E-state index contributed by atoms with van der Waals surface area (Å²) >= 11 is 0.